The van der Waals surface area contributed by atoms with Crippen molar-refractivity contribution in [1.82, 2.24) is 0 Å². The van der Waals surface area contributed by atoms with Crippen molar-refractivity contribution in [2.75, 3.05) is 0 Å². The minimum atomic E-state index is -5.57. The highest BCUT2D eigenvalue weighted by Gasteiger charge is 2.80. The molecule has 4 rings (SSSR count). The molecule has 0 spiro atoms. The van der Waals surface area contributed by atoms with E-state index in [2.05, 4.69) is 0 Å². The highest BCUT2D eigenvalue weighted by molar-refractivity contribution is 7.15. The Morgan fingerprint density at radius 3 is 1.72 bits per heavy atom. The summed E-state index contributed by atoms with van der Waals surface area (Å²) in [6, 6.07) is 10.7. The minimum absolute atomic E-state index is 0.217. The third-order valence-corrected chi connectivity index (χ3v) is 7.53. The summed E-state index contributed by atoms with van der Waals surface area (Å²) >= 11 is 2.12. The van der Waals surface area contributed by atoms with Crippen LogP contribution in [0.5, 0.6) is 0 Å². The fraction of sp³-hybridized carbons (Fsp3) is 0.261. The number of allylic oxidation sites excluding steroid dienone is 2. The van der Waals surface area contributed by atoms with Crippen molar-refractivity contribution in [2.45, 2.75) is 38.5 Å². The van der Waals surface area contributed by atoms with E-state index in [1.807, 2.05) is 6.07 Å². The molecule has 0 fully saturated rings. The predicted molar refractivity (Wildman–Crippen MR) is 115 cm³/mol. The number of hydrogen-bond acceptors (Lipinski definition) is 3. The van der Waals surface area contributed by atoms with Gasteiger partial charge in [-0.25, -0.2) is 0 Å². The van der Waals surface area contributed by atoms with Gasteiger partial charge >= 0.3 is 17.8 Å². The SMILES string of the molecule is Cc1cc(C2=C(c3cc(-c4ccc(C#N)cc4)sc3C)C(F)(F)C(F)(F)C2(F)F)c(C)s1. The summed E-state index contributed by atoms with van der Waals surface area (Å²) in [4.78, 5) is 1.48. The summed E-state index contributed by atoms with van der Waals surface area (Å²) in [5.41, 5.74) is -2.31. The molecule has 0 N–H and O–H groups in total. The van der Waals surface area contributed by atoms with Crippen molar-refractivity contribution < 1.29 is 26.3 Å². The van der Waals surface area contributed by atoms with Gasteiger partial charge in [0.2, 0.25) is 0 Å². The van der Waals surface area contributed by atoms with Gasteiger partial charge in [-0.1, -0.05) is 12.1 Å². The van der Waals surface area contributed by atoms with Crippen molar-refractivity contribution in [2.24, 2.45) is 0 Å². The smallest absolute Gasteiger partial charge is 0.194 e. The van der Waals surface area contributed by atoms with Gasteiger partial charge < -0.3 is 0 Å². The van der Waals surface area contributed by atoms with Crippen molar-refractivity contribution in [3.63, 3.8) is 0 Å². The van der Waals surface area contributed by atoms with E-state index in [0.717, 1.165) is 22.7 Å². The third kappa shape index (κ3) is 3.04. The molecular formula is C23H15F6NS2. The van der Waals surface area contributed by atoms with Crippen molar-refractivity contribution >= 4 is 33.8 Å². The van der Waals surface area contributed by atoms with Gasteiger partial charge in [0.1, 0.15) is 0 Å². The molecular weight excluding hydrogens is 468 g/mol. The normalized spacial score (nSPS) is 18.8. The van der Waals surface area contributed by atoms with E-state index in [4.69, 9.17) is 5.26 Å². The molecule has 3 aromatic rings. The lowest BCUT2D eigenvalue weighted by Gasteiger charge is -2.25. The van der Waals surface area contributed by atoms with Gasteiger partial charge in [-0.15, -0.1) is 22.7 Å². The standard InChI is InChI=1S/C23H15F6NS2/c1-11-8-16(12(2)31-11)19-20(22(26,27)23(28,29)21(19,24)25)17-9-18(32-13(17)3)15-6-4-14(10-30)5-7-15/h4-9H,1-3H3. The Morgan fingerprint density at radius 2 is 1.25 bits per heavy atom. The van der Waals surface area contributed by atoms with E-state index >= 15 is 8.78 Å². The quantitative estimate of drug-likeness (QED) is 0.345. The van der Waals surface area contributed by atoms with E-state index in [1.54, 1.807) is 19.1 Å². The maximum atomic E-state index is 15.0. The lowest BCUT2D eigenvalue weighted by atomic mass is 9.95. The van der Waals surface area contributed by atoms with E-state index in [0.29, 0.717) is 20.9 Å². The Labute approximate surface area is 188 Å². The van der Waals surface area contributed by atoms with Crippen LogP contribution < -0.4 is 0 Å². The van der Waals surface area contributed by atoms with Crippen LogP contribution in [0.4, 0.5) is 26.3 Å². The number of alkyl halides is 6. The van der Waals surface area contributed by atoms with Crippen LogP contribution >= 0.6 is 22.7 Å². The lowest BCUT2D eigenvalue weighted by Crippen LogP contribution is -2.48. The number of halogens is 6. The zero-order valence-corrected chi connectivity index (χ0v) is 18.6. The molecule has 9 heteroatoms. The molecule has 2 heterocycles. The van der Waals surface area contributed by atoms with E-state index < -0.39 is 28.9 Å². The second-order valence-electron chi connectivity index (χ2n) is 7.57. The zero-order chi connectivity index (χ0) is 23.6. The lowest BCUT2D eigenvalue weighted by molar-refractivity contribution is -0.254. The van der Waals surface area contributed by atoms with Crippen molar-refractivity contribution in [1.29, 1.82) is 5.26 Å². The molecule has 0 saturated heterocycles. The number of aryl methyl sites for hydroxylation is 3. The minimum Gasteiger partial charge on any atom is -0.194 e. The highest BCUT2D eigenvalue weighted by Crippen LogP contribution is 2.65. The number of nitrogens with zero attached hydrogens (tertiary/aromatic N) is 1. The summed E-state index contributed by atoms with van der Waals surface area (Å²) in [6.07, 6.45) is 0. The fourth-order valence-corrected chi connectivity index (χ4v) is 5.86. The van der Waals surface area contributed by atoms with E-state index in [1.165, 1.54) is 38.1 Å². The molecule has 0 bridgehead atoms. The van der Waals surface area contributed by atoms with Crippen LogP contribution in [0.25, 0.3) is 21.6 Å². The summed E-state index contributed by atoms with van der Waals surface area (Å²) in [5, 5.41) is 8.93. The Balaban J connectivity index is 2.00. The Bertz CT molecular complexity index is 1290. The second-order valence-corrected chi connectivity index (χ2v) is 10.3. The average Bonchev–Trinajstić information content (AvgIpc) is 3.28. The second kappa shape index (κ2) is 7.22. The fourth-order valence-electron chi connectivity index (χ4n) is 3.89. The van der Waals surface area contributed by atoms with Crippen LogP contribution in [-0.4, -0.2) is 17.8 Å². The first-order chi connectivity index (χ1) is 14.8. The molecule has 0 unspecified atom stereocenters. The summed E-state index contributed by atoms with van der Waals surface area (Å²) in [6.45, 7) is 4.49. The largest absolute Gasteiger partial charge is 0.380 e. The molecule has 2 aromatic heterocycles. The monoisotopic (exact) mass is 483 g/mol. The van der Waals surface area contributed by atoms with E-state index in [-0.39, 0.29) is 20.9 Å². The Kier molecular flexibility index (Phi) is 5.10. The molecule has 0 atom stereocenters. The van der Waals surface area contributed by atoms with Crippen LogP contribution in [-0.2, 0) is 0 Å². The van der Waals surface area contributed by atoms with Gasteiger partial charge in [0, 0.05) is 30.7 Å². The van der Waals surface area contributed by atoms with Crippen LogP contribution in [0.3, 0.4) is 0 Å². The summed E-state index contributed by atoms with van der Waals surface area (Å²) < 4.78 is 88.9. The predicted octanol–water partition coefficient (Wildman–Crippen LogP) is 8.10. The summed E-state index contributed by atoms with van der Waals surface area (Å²) in [7, 11) is 0. The molecule has 0 radical (unpaired) electrons. The highest BCUT2D eigenvalue weighted by atomic mass is 32.1. The molecule has 0 saturated carbocycles. The Morgan fingerprint density at radius 1 is 0.750 bits per heavy atom. The molecule has 166 valence electrons. The number of nitriles is 1. The first-order valence-corrected chi connectivity index (χ1v) is 11.0. The Hall–Kier alpha value is -2.57. The molecule has 32 heavy (non-hydrogen) atoms. The topological polar surface area (TPSA) is 23.8 Å². The maximum Gasteiger partial charge on any atom is 0.380 e. The number of benzene rings is 1. The number of rotatable bonds is 3. The maximum absolute atomic E-state index is 15.0. The average molecular weight is 484 g/mol. The number of hydrogen-bond donors (Lipinski definition) is 0. The molecule has 1 aromatic carbocycles. The van der Waals surface area contributed by atoms with Gasteiger partial charge in [-0.2, -0.15) is 31.6 Å². The van der Waals surface area contributed by atoms with E-state index in [9.17, 15) is 17.6 Å². The molecule has 1 aliphatic rings. The van der Waals surface area contributed by atoms with Gasteiger partial charge in [-0.3, -0.25) is 0 Å². The first-order valence-electron chi connectivity index (χ1n) is 9.40. The van der Waals surface area contributed by atoms with Gasteiger partial charge in [0.25, 0.3) is 0 Å². The van der Waals surface area contributed by atoms with Crippen molar-refractivity contribution in [3.05, 3.63) is 67.7 Å². The third-order valence-electron chi connectivity index (χ3n) is 5.46. The van der Waals surface area contributed by atoms with Gasteiger partial charge in [-0.05, 0) is 61.7 Å². The van der Waals surface area contributed by atoms with Gasteiger partial charge in [0.15, 0.2) is 0 Å². The van der Waals surface area contributed by atoms with Crippen molar-refractivity contribution in [3.8, 4) is 16.5 Å². The van der Waals surface area contributed by atoms with Gasteiger partial charge in [0.05, 0.1) is 11.6 Å². The molecule has 0 aliphatic heterocycles. The van der Waals surface area contributed by atoms with Crippen LogP contribution in [0, 0.1) is 32.1 Å². The van der Waals surface area contributed by atoms with Crippen LogP contribution in [0.1, 0.15) is 31.3 Å². The molecule has 1 nitrogen and oxygen atoms in total. The molecule has 0 amide bonds. The van der Waals surface area contributed by atoms with Crippen LogP contribution in [0.2, 0.25) is 0 Å². The van der Waals surface area contributed by atoms with Crippen LogP contribution in [0.15, 0.2) is 36.4 Å². The zero-order valence-electron chi connectivity index (χ0n) is 17.0. The summed E-state index contributed by atoms with van der Waals surface area (Å²) in [5.74, 6) is -15.7. The first kappa shape index (κ1) is 22.6. The molecule has 1 aliphatic carbocycles. The number of thiophene rings is 2.